The van der Waals surface area contributed by atoms with E-state index in [-0.39, 0.29) is 5.69 Å². The molecule has 0 radical (unpaired) electrons. The lowest BCUT2D eigenvalue weighted by molar-refractivity contribution is 0.521. The van der Waals surface area contributed by atoms with Crippen LogP contribution in [0.1, 0.15) is 5.56 Å². The molecule has 0 unspecified atom stereocenters. The summed E-state index contributed by atoms with van der Waals surface area (Å²) in [4.78, 5) is 8.57. The van der Waals surface area contributed by atoms with Crippen LogP contribution in [0.25, 0.3) is 20.9 Å². The number of nitrogens with zero attached hydrogens (tertiary/aromatic N) is 2. The van der Waals surface area contributed by atoms with Crippen LogP contribution >= 0.6 is 11.3 Å². The van der Waals surface area contributed by atoms with Crippen molar-refractivity contribution in [3.05, 3.63) is 71.9 Å². The van der Waals surface area contributed by atoms with Gasteiger partial charge in [-0.25, -0.2) is 27.2 Å². The second kappa shape index (κ2) is 6.92. The SMILES string of the molecule is Cc1cc(-c2nc3cccnc3s2)ccc1NS(=O)(=O)c1c(F)cccc1F. The molecule has 5 nitrogen and oxygen atoms in total. The first-order valence-electron chi connectivity index (χ1n) is 8.14. The van der Waals surface area contributed by atoms with Gasteiger partial charge in [-0.3, -0.25) is 4.72 Å². The van der Waals surface area contributed by atoms with Gasteiger partial charge < -0.3 is 0 Å². The van der Waals surface area contributed by atoms with Crippen LogP contribution in [0.4, 0.5) is 14.5 Å². The van der Waals surface area contributed by atoms with Gasteiger partial charge in [0, 0.05) is 11.8 Å². The molecule has 4 rings (SSSR count). The Morgan fingerprint density at radius 3 is 2.46 bits per heavy atom. The fourth-order valence-electron chi connectivity index (χ4n) is 2.74. The minimum Gasteiger partial charge on any atom is -0.279 e. The third-order valence-corrected chi connectivity index (χ3v) is 6.52. The van der Waals surface area contributed by atoms with E-state index in [1.807, 2.05) is 6.07 Å². The molecule has 0 saturated heterocycles. The maximum Gasteiger partial charge on any atom is 0.267 e. The number of halogens is 2. The lowest BCUT2D eigenvalue weighted by atomic mass is 10.1. The van der Waals surface area contributed by atoms with Crippen molar-refractivity contribution in [1.82, 2.24) is 9.97 Å². The van der Waals surface area contributed by atoms with Gasteiger partial charge >= 0.3 is 0 Å². The number of hydrogen-bond acceptors (Lipinski definition) is 5. The van der Waals surface area contributed by atoms with E-state index in [2.05, 4.69) is 14.7 Å². The van der Waals surface area contributed by atoms with Gasteiger partial charge in [0.2, 0.25) is 0 Å². The topological polar surface area (TPSA) is 72.0 Å². The summed E-state index contributed by atoms with van der Waals surface area (Å²) in [5.41, 5.74) is 2.39. The van der Waals surface area contributed by atoms with E-state index in [0.717, 1.165) is 39.1 Å². The summed E-state index contributed by atoms with van der Waals surface area (Å²) < 4.78 is 54.9. The molecule has 0 spiro atoms. The van der Waals surface area contributed by atoms with E-state index in [4.69, 9.17) is 0 Å². The average Bonchev–Trinajstić information content (AvgIpc) is 3.07. The molecule has 0 atom stereocenters. The number of nitrogens with one attached hydrogen (secondary N) is 1. The Morgan fingerprint density at radius 1 is 1.04 bits per heavy atom. The van der Waals surface area contributed by atoms with Crippen molar-refractivity contribution in [2.24, 2.45) is 0 Å². The zero-order valence-electron chi connectivity index (χ0n) is 14.5. The zero-order chi connectivity index (χ0) is 19.9. The number of hydrogen-bond donors (Lipinski definition) is 1. The van der Waals surface area contributed by atoms with E-state index < -0.39 is 26.6 Å². The second-order valence-corrected chi connectivity index (χ2v) is 8.63. The Labute approximate surface area is 163 Å². The lowest BCUT2D eigenvalue weighted by Gasteiger charge is -2.12. The monoisotopic (exact) mass is 417 g/mol. The quantitative estimate of drug-likeness (QED) is 0.520. The Morgan fingerprint density at radius 2 is 1.79 bits per heavy atom. The number of aryl methyl sites for hydroxylation is 1. The third kappa shape index (κ3) is 3.34. The summed E-state index contributed by atoms with van der Waals surface area (Å²) >= 11 is 1.42. The van der Waals surface area contributed by atoms with Crippen molar-refractivity contribution in [2.75, 3.05) is 4.72 Å². The Hall–Kier alpha value is -2.91. The van der Waals surface area contributed by atoms with E-state index in [0.29, 0.717) is 5.56 Å². The number of thiazole rings is 1. The van der Waals surface area contributed by atoms with Gasteiger partial charge in [0.05, 0.1) is 5.69 Å². The summed E-state index contributed by atoms with van der Waals surface area (Å²) in [6.45, 7) is 1.70. The number of pyridine rings is 1. The number of benzene rings is 2. The summed E-state index contributed by atoms with van der Waals surface area (Å²) in [6.07, 6.45) is 1.69. The van der Waals surface area contributed by atoms with Crippen molar-refractivity contribution in [3.8, 4) is 10.6 Å². The van der Waals surface area contributed by atoms with E-state index >= 15 is 0 Å². The molecule has 0 aliphatic rings. The van der Waals surface area contributed by atoms with Crippen LogP contribution in [0.3, 0.4) is 0 Å². The fourth-order valence-corrected chi connectivity index (χ4v) is 4.91. The Kier molecular flexibility index (Phi) is 4.56. The molecule has 4 aromatic rings. The summed E-state index contributed by atoms with van der Waals surface area (Å²) in [6, 6.07) is 11.6. The first-order valence-corrected chi connectivity index (χ1v) is 10.4. The third-order valence-electron chi connectivity index (χ3n) is 4.07. The minimum atomic E-state index is -4.42. The molecule has 142 valence electrons. The maximum atomic E-state index is 13.9. The molecule has 0 aliphatic carbocycles. The molecule has 1 N–H and O–H groups in total. The van der Waals surface area contributed by atoms with Gasteiger partial charge in [-0.1, -0.05) is 17.4 Å². The molecule has 0 fully saturated rings. The summed E-state index contributed by atoms with van der Waals surface area (Å²) in [7, 11) is -4.42. The van der Waals surface area contributed by atoms with Gasteiger partial charge in [-0.2, -0.15) is 0 Å². The standard InChI is InChI=1S/C19H13F2N3O2S2/c1-11-10-12(18-23-16-6-3-9-22-19(16)27-18)7-8-15(11)24-28(25,26)17-13(20)4-2-5-14(17)21/h2-10,24H,1H3. The predicted octanol–water partition coefficient (Wildman–Crippen LogP) is 4.75. The first kappa shape index (κ1) is 18.5. The fraction of sp³-hybridized carbons (Fsp3) is 0.0526. The lowest BCUT2D eigenvalue weighted by Crippen LogP contribution is -2.17. The van der Waals surface area contributed by atoms with Gasteiger partial charge in [0.15, 0.2) is 4.90 Å². The van der Waals surface area contributed by atoms with Crippen LogP contribution < -0.4 is 4.72 Å². The highest BCUT2D eigenvalue weighted by atomic mass is 32.2. The molecule has 0 aliphatic heterocycles. The molecule has 28 heavy (non-hydrogen) atoms. The largest absolute Gasteiger partial charge is 0.279 e. The van der Waals surface area contributed by atoms with Crippen molar-refractivity contribution < 1.29 is 17.2 Å². The predicted molar refractivity (Wildman–Crippen MR) is 105 cm³/mol. The van der Waals surface area contributed by atoms with Crippen molar-refractivity contribution in [1.29, 1.82) is 0 Å². The van der Waals surface area contributed by atoms with Crippen LogP contribution in [0.5, 0.6) is 0 Å². The normalized spacial score (nSPS) is 11.7. The molecule has 0 amide bonds. The Bertz CT molecular complexity index is 1250. The molecular weight excluding hydrogens is 404 g/mol. The molecule has 0 bridgehead atoms. The van der Waals surface area contributed by atoms with Crippen molar-refractivity contribution >= 4 is 37.4 Å². The maximum absolute atomic E-state index is 13.9. The van der Waals surface area contributed by atoms with Gasteiger partial charge in [0.1, 0.15) is 27.0 Å². The summed E-state index contributed by atoms with van der Waals surface area (Å²) in [5, 5.41) is 0.742. The highest BCUT2D eigenvalue weighted by Crippen LogP contribution is 2.32. The van der Waals surface area contributed by atoms with Crippen LogP contribution in [0.2, 0.25) is 0 Å². The van der Waals surface area contributed by atoms with Crippen LogP contribution in [-0.2, 0) is 10.0 Å². The van der Waals surface area contributed by atoms with Gasteiger partial charge in [0.25, 0.3) is 10.0 Å². The van der Waals surface area contributed by atoms with E-state index in [1.165, 1.54) is 11.3 Å². The smallest absolute Gasteiger partial charge is 0.267 e. The minimum absolute atomic E-state index is 0.227. The number of aromatic nitrogens is 2. The van der Waals surface area contributed by atoms with Crippen LogP contribution in [0, 0.1) is 18.6 Å². The van der Waals surface area contributed by atoms with Gasteiger partial charge in [-0.15, -0.1) is 0 Å². The van der Waals surface area contributed by atoms with Crippen molar-refractivity contribution in [2.45, 2.75) is 11.8 Å². The highest BCUT2D eigenvalue weighted by molar-refractivity contribution is 7.92. The molecule has 2 aromatic heterocycles. The summed E-state index contributed by atoms with van der Waals surface area (Å²) in [5.74, 6) is -2.30. The zero-order valence-corrected chi connectivity index (χ0v) is 16.1. The molecule has 9 heteroatoms. The van der Waals surface area contributed by atoms with Crippen LogP contribution in [-0.4, -0.2) is 18.4 Å². The number of rotatable bonds is 4. The van der Waals surface area contributed by atoms with Gasteiger partial charge in [-0.05, 0) is 55.0 Å². The van der Waals surface area contributed by atoms with E-state index in [9.17, 15) is 17.2 Å². The van der Waals surface area contributed by atoms with Crippen LogP contribution in [0.15, 0.2) is 59.6 Å². The number of sulfonamides is 1. The molecule has 2 aromatic carbocycles. The number of fused-ring (bicyclic) bond motifs is 1. The van der Waals surface area contributed by atoms with Crippen molar-refractivity contribution in [3.63, 3.8) is 0 Å². The highest BCUT2D eigenvalue weighted by Gasteiger charge is 2.24. The molecule has 0 saturated carbocycles. The second-order valence-electron chi connectivity index (χ2n) is 6.03. The average molecular weight is 417 g/mol. The molecule has 2 heterocycles. The number of anilines is 1. The first-order chi connectivity index (χ1) is 13.3. The molecular formula is C19H13F2N3O2S2. The van der Waals surface area contributed by atoms with E-state index in [1.54, 1.807) is 37.4 Å². The Balaban J connectivity index is 1.68.